The number of carbonyl (C=O) groups excluding carboxylic acids is 1. The second kappa shape index (κ2) is 6.56. The zero-order chi connectivity index (χ0) is 14.5. The maximum atomic E-state index is 12.1. The normalized spacial score (nSPS) is 11.1. The van der Waals surface area contributed by atoms with E-state index in [0.717, 1.165) is 4.88 Å². The van der Waals surface area contributed by atoms with Gasteiger partial charge in [-0.3, -0.25) is 4.79 Å². The van der Waals surface area contributed by atoms with Crippen molar-refractivity contribution in [1.82, 2.24) is 10.2 Å². The number of carboxylic acid groups (broad SMARTS) is 1. The fourth-order valence-corrected chi connectivity index (χ4v) is 2.43. The number of aliphatic carboxylic acids is 1. The van der Waals surface area contributed by atoms with Crippen molar-refractivity contribution in [3.05, 3.63) is 22.4 Å². The highest BCUT2D eigenvalue weighted by Crippen LogP contribution is 2.14. The van der Waals surface area contributed by atoms with Crippen molar-refractivity contribution in [2.45, 2.75) is 39.3 Å². The van der Waals surface area contributed by atoms with Gasteiger partial charge in [0.05, 0.1) is 13.0 Å². The average Bonchev–Trinajstić information content (AvgIpc) is 2.75. The number of nitrogens with zero attached hydrogens (tertiary/aromatic N) is 1. The minimum atomic E-state index is -0.924. The summed E-state index contributed by atoms with van der Waals surface area (Å²) in [7, 11) is 0. The Balaban J connectivity index is 2.61. The molecule has 0 aliphatic heterocycles. The van der Waals surface area contributed by atoms with Gasteiger partial charge < -0.3 is 15.3 Å². The molecular formula is C13H20N2O3S. The maximum absolute atomic E-state index is 12.1. The molecule has 0 fully saturated rings. The van der Waals surface area contributed by atoms with E-state index in [1.165, 1.54) is 0 Å². The van der Waals surface area contributed by atoms with Crippen LogP contribution in [0.4, 0.5) is 4.79 Å². The molecule has 0 unspecified atom stereocenters. The summed E-state index contributed by atoms with van der Waals surface area (Å²) in [6.07, 6.45) is -0.102. The van der Waals surface area contributed by atoms with Gasteiger partial charge in [0.15, 0.2) is 0 Å². The van der Waals surface area contributed by atoms with E-state index in [2.05, 4.69) is 5.32 Å². The van der Waals surface area contributed by atoms with Gasteiger partial charge in [0, 0.05) is 17.0 Å². The van der Waals surface area contributed by atoms with Crippen LogP contribution in [0.1, 0.15) is 32.1 Å². The lowest BCUT2D eigenvalue weighted by Crippen LogP contribution is -2.50. The molecule has 1 aromatic rings. The van der Waals surface area contributed by atoms with E-state index in [-0.39, 0.29) is 12.5 Å². The molecule has 5 nitrogen and oxygen atoms in total. The number of carboxylic acids is 1. The quantitative estimate of drug-likeness (QED) is 0.843. The lowest BCUT2D eigenvalue weighted by atomic mass is 10.0. The van der Waals surface area contributed by atoms with E-state index in [0.29, 0.717) is 13.1 Å². The Morgan fingerprint density at radius 3 is 2.63 bits per heavy atom. The van der Waals surface area contributed by atoms with Crippen LogP contribution in [0.15, 0.2) is 17.5 Å². The number of amides is 2. The van der Waals surface area contributed by atoms with Gasteiger partial charge in [0.2, 0.25) is 0 Å². The smallest absolute Gasteiger partial charge is 0.318 e. The van der Waals surface area contributed by atoms with Gasteiger partial charge in [-0.1, -0.05) is 6.07 Å². The number of rotatable bonds is 6. The highest BCUT2D eigenvalue weighted by molar-refractivity contribution is 7.09. The van der Waals surface area contributed by atoms with Crippen LogP contribution >= 0.6 is 11.3 Å². The maximum Gasteiger partial charge on any atom is 0.318 e. The number of urea groups is 1. The molecule has 106 valence electrons. The van der Waals surface area contributed by atoms with Crippen LogP contribution in [0.5, 0.6) is 0 Å². The van der Waals surface area contributed by atoms with E-state index in [1.54, 1.807) is 30.1 Å². The fraction of sp³-hybridized carbons (Fsp3) is 0.538. The largest absolute Gasteiger partial charge is 0.481 e. The van der Waals surface area contributed by atoms with Gasteiger partial charge >= 0.3 is 12.0 Å². The molecule has 1 heterocycles. The molecule has 0 atom stereocenters. The van der Waals surface area contributed by atoms with Crippen molar-refractivity contribution < 1.29 is 14.7 Å². The van der Waals surface area contributed by atoms with E-state index in [4.69, 9.17) is 5.11 Å². The Bertz CT molecular complexity index is 429. The summed E-state index contributed by atoms with van der Waals surface area (Å²) >= 11 is 1.60. The Kier molecular flexibility index (Phi) is 5.35. The number of thiophene rings is 1. The van der Waals surface area contributed by atoms with Crippen molar-refractivity contribution in [3.63, 3.8) is 0 Å². The van der Waals surface area contributed by atoms with E-state index in [9.17, 15) is 9.59 Å². The highest BCUT2D eigenvalue weighted by atomic mass is 32.1. The predicted molar refractivity (Wildman–Crippen MR) is 75.3 cm³/mol. The first-order valence-corrected chi connectivity index (χ1v) is 7.03. The van der Waals surface area contributed by atoms with Gasteiger partial charge in [-0.05, 0) is 32.2 Å². The summed E-state index contributed by atoms with van der Waals surface area (Å²) in [5.41, 5.74) is -0.758. The summed E-state index contributed by atoms with van der Waals surface area (Å²) in [6.45, 7) is 6.43. The van der Waals surface area contributed by atoms with Crippen molar-refractivity contribution in [1.29, 1.82) is 0 Å². The Morgan fingerprint density at radius 2 is 2.16 bits per heavy atom. The van der Waals surface area contributed by atoms with Gasteiger partial charge in [0.25, 0.3) is 0 Å². The molecule has 0 aliphatic rings. The molecule has 2 amide bonds. The molecular weight excluding hydrogens is 264 g/mol. The minimum Gasteiger partial charge on any atom is -0.481 e. The standard InChI is InChI=1S/C13H20N2O3S/c1-4-15(9-10-6-5-7-19-10)12(18)14-13(2,3)8-11(16)17/h5-7H,4,8-9H2,1-3H3,(H,14,18)(H,16,17). The van der Waals surface area contributed by atoms with Crippen LogP contribution < -0.4 is 5.32 Å². The predicted octanol–water partition coefficient (Wildman–Crippen LogP) is 2.53. The molecule has 0 spiro atoms. The molecule has 0 aliphatic carbocycles. The number of hydrogen-bond acceptors (Lipinski definition) is 3. The third-order valence-electron chi connectivity index (χ3n) is 2.63. The summed E-state index contributed by atoms with van der Waals surface area (Å²) < 4.78 is 0. The minimum absolute atomic E-state index is 0.102. The van der Waals surface area contributed by atoms with Crippen LogP contribution in [0.3, 0.4) is 0 Å². The molecule has 1 aromatic heterocycles. The number of nitrogens with one attached hydrogen (secondary N) is 1. The number of hydrogen-bond donors (Lipinski definition) is 2. The lowest BCUT2D eigenvalue weighted by molar-refractivity contribution is -0.138. The first-order chi connectivity index (χ1) is 8.84. The molecule has 0 radical (unpaired) electrons. The number of carbonyl (C=O) groups is 2. The average molecular weight is 284 g/mol. The highest BCUT2D eigenvalue weighted by Gasteiger charge is 2.26. The zero-order valence-electron chi connectivity index (χ0n) is 11.5. The van der Waals surface area contributed by atoms with Gasteiger partial charge in [-0.2, -0.15) is 0 Å². The van der Waals surface area contributed by atoms with Crippen LogP contribution in [0, 0.1) is 0 Å². The van der Waals surface area contributed by atoms with Gasteiger partial charge in [-0.25, -0.2) is 4.79 Å². The third-order valence-corrected chi connectivity index (χ3v) is 3.50. The molecule has 19 heavy (non-hydrogen) atoms. The summed E-state index contributed by atoms with van der Waals surface area (Å²) in [4.78, 5) is 25.6. The van der Waals surface area contributed by atoms with E-state index < -0.39 is 11.5 Å². The molecule has 0 saturated carbocycles. The van der Waals surface area contributed by atoms with Crippen LogP contribution in [0.2, 0.25) is 0 Å². The summed E-state index contributed by atoms with van der Waals surface area (Å²) in [5.74, 6) is -0.924. The summed E-state index contributed by atoms with van der Waals surface area (Å²) in [6, 6.07) is 3.69. The van der Waals surface area contributed by atoms with E-state index in [1.807, 2.05) is 24.4 Å². The van der Waals surface area contributed by atoms with Crippen molar-refractivity contribution in [3.8, 4) is 0 Å². The fourth-order valence-electron chi connectivity index (χ4n) is 1.71. The van der Waals surface area contributed by atoms with Crippen molar-refractivity contribution in [2.24, 2.45) is 0 Å². The van der Waals surface area contributed by atoms with Crippen LogP contribution in [-0.2, 0) is 11.3 Å². The first-order valence-electron chi connectivity index (χ1n) is 6.15. The molecule has 0 aromatic carbocycles. The van der Waals surface area contributed by atoms with Gasteiger partial charge in [0.1, 0.15) is 0 Å². The Hall–Kier alpha value is -1.56. The van der Waals surface area contributed by atoms with Crippen LogP contribution in [0.25, 0.3) is 0 Å². The summed E-state index contributed by atoms with van der Waals surface area (Å²) in [5, 5.41) is 13.5. The molecule has 1 rings (SSSR count). The Morgan fingerprint density at radius 1 is 1.47 bits per heavy atom. The monoisotopic (exact) mass is 284 g/mol. The van der Waals surface area contributed by atoms with Crippen molar-refractivity contribution >= 4 is 23.3 Å². The zero-order valence-corrected chi connectivity index (χ0v) is 12.3. The molecule has 2 N–H and O–H groups in total. The molecule has 0 saturated heterocycles. The lowest BCUT2D eigenvalue weighted by Gasteiger charge is -2.29. The second-order valence-corrected chi connectivity index (χ2v) is 6.01. The van der Waals surface area contributed by atoms with Crippen molar-refractivity contribution in [2.75, 3.05) is 6.54 Å². The van der Waals surface area contributed by atoms with E-state index >= 15 is 0 Å². The SMILES string of the molecule is CCN(Cc1cccs1)C(=O)NC(C)(C)CC(=O)O. The third kappa shape index (κ3) is 5.30. The topological polar surface area (TPSA) is 69.6 Å². The second-order valence-electron chi connectivity index (χ2n) is 4.98. The van der Waals surface area contributed by atoms with Gasteiger partial charge in [-0.15, -0.1) is 11.3 Å². The molecule has 6 heteroatoms. The molecule has 0 bridgehead atoms. The van der Waals surface area contributed by atoms with Crippen LogP contribution in [-0.4, -0.2) is 34.1 Å². The Labute approximate surface area is 117 Å². The first kappa shape index (κ1) is 15.5.